The molecule has 0 atom stereocenters. The highest BCUT2D eigenvalue weighted by atomic mass is 35.5. The third-order valence-electron chi connectivity index (χ3n) is 3.19. The van der Waals surface area contributed by atoms with E-state index < -0.39 is 0 Å². The van der Waals surface area contributed by atoms with Crippen molar-refractivity contribution in [3.63, 3.8) is 0 Å². The molecule has 1 aromatic carbocycles. The molecule has 1 aliphatic heterocycles. The van der Waals surface area contributed by atoms with E-state index >= 15 is 0 Å². The van der Waals surface area contributed by atoms with E-state index in [0.717, 1.165) is 31.8 Å². The van der Waals surface area contributed by atoms with E-state index in [-0.39, 0.29) is 0 Å². The van der Waals surface area contributed by atoms with Gasteiger partial charge in [0.15, 0.2) is 0 Å². The van der Waals surface area contributed by atoms with Crippen LogP contribution in [0.3, 0.4) is 0 Å². The number of ether oxygens (including phenoxy) is 1. The van der Waals surface area contributed by atoms with E-state index in [2.05, 4.69) is 10.6 Å². The Balaban J connectivity index is 1.57. The number of benzene rings is 1. The lowest BCUT2D eigenvalue weighted by Crippen LogP contribution is -2.40. The fourth-order valence-electron chi connectivity index (χ4n) is 2.15. The lowest BCUT2D eigenvalue weighted by atomic mass is 10.1. The van der Waals surface area contributed by atoms with E-state index in [9.17, 15) is 0 Å². The second-order valence-corrected chi connectivity index (χ2v) is 5.02. The number of nitrogens with one attached hydrogen (secondary N) is 2. The number of para-hydroxylation sites is 1. The van der Waals surface area contributed by atoms with Gasteiger partial charge in [-0.15, -0.1) is 0 Å². The van der Waals surface area contributed by atoms with Gasteiger partial charge in [-0.25, -0.2) is 0 Å². The van der Waals surface area contributed by atoms with Gasteiger partial charge in [0.1, 0.15) is 5.75 Å². The molecule has 2 N–H and O–H groups in total. The molecule has 1 heterocycles. The molecule has 0 radical (unpaired) electrons. The summed E-state index contributed by atoms with van der Waals surface area (Å²) in [4.78, 5) is 0. The van der Waals surface area contributed by atoms with Crippen LogP contribution < -0.4 is 15.4 Å². The van der Waals surface area contributed by atoms with Crippen LogP contribution in [0, 0.1) is 0 Å². The molecule has 0 aromatic heterocycles. The van der Waals surface area contributed by atoms with E-state index in [1.165, 1.54) is 12.8 Å². The zero-order valence-corrected chi connectivity index (χ0v) is 11.4. The fraction of sp³-hybridized carbons (Fsp3) is 0.571. The highest BCUT2D eigenvalue weighted by molar-refractivity contribution is 6.32. The van der Waals surface area contributed by atoms with Crippen molar-refractivity contribution in [1.82, 2.24) is 10.6 Å². The minimum atomic E-state index is 0.673. The Morgan fingerprint density at radius 3 is 2.83 bits per heavy atom. The first-order chi connectivity index (χ1) is 8.86. The maximum Gasteiger partial charge on any atom is 0.137 e. The quantitative estimate of drug-likeness (QED) is 0.778. The van der Waals surface area contributed by atoms with Crippen molar-refractivity contribution in [2.24, 2.45) is 0 Å². The molecular formula is C14H21ClN2O. The molecule has 100 valence electrons. The van der Waals surface area contributed by atoms with Crippen molar-refractivity contribution in [1.29, 1.82) is 0 Å². The lowest BCUT2D eigenvalue weighted by Gasteiger charge is -2.23. The van der Waals surface area contributed by atoms with Gasteiger partial charge in [0.25, 0.3) is 0 Å². The van der Waals surface area contributed by atoms with E-state index in [0.29, 0.717) is 17.7 Å². The zero-order chi connectivity index (χ0) is 12.6. The van der Waals surface area contributed by atoms with Gasteiger partial charge < -0.3 is 15.4 Å². The number of hydrogen-bond acceptors (Lipinski definition) is 3. The number of piperidine rings is 1. The molecule has 0 saturated carbocycles. The van der Waals surface area contributed by atoms with Crippen molar-refractivity contribution in [2.45, 2.75) is 25.3 Å². The summed E-state index contributed by atoms with van der Waals surface area (Å²) in [5.74, 6) is 0.779. The molecule has 2 rings (SSSR count). The highest BCUT2D eigenvalue weighted by Gasteiger charge is 2.11. The van der Waals surface area contributed by atoms with Crippen molar-refractivity contribution < 1.29 is 4.74 Å². The average Bonchev–Trinajstić information content (AvgIpc) is 2.42. The second kappa shape index (κ2) is 7.62. The standard InChI is InChI=1S/C14H21ClN2O/c15-13-4-1-2-5-14(13)18-11-3-8-17-12-6-9-16-10-7-12/h1-2,4-5,12,16-17H,3,6-11H2. The summed E-state index contributed by atoms with van der Waals surface area (Å²) in [6.45, 7) is 3.98. The van der Waals surface area contributed by atoms with Crippen LogP contribution in [0.5, 0.6) is 5.75 Å². The Bertz CT molecular complexity index is 353. The molecule has 0 bridgehead atoms. The molecular weight excluding hydrogens is 248 g/mol. The molecule has 1 saturated heterocycles. The first-order valence-corrected chi connectivity index (χ1v) is 7.05. The van der Waals surface area contributed by atoms with Crippen LogP contribution in [0.1, 0.15) is 19.3 Å². The molecule has 1 fully saturated rings. The SMILES string of the molecule is Clc1ccccc1OCCCNC1CCNCC1. The summed E-state index contributed by atoms with van der Waals surface area (Å²) < 4.78 is 5.64. The Hall–Kier alpha value is -0.770. The third kappa shape index (κ3) is 4.48. The van der Waals surface area contributed by atoms with Gasteiger partial charge in [-0.1, -0.05) is 23.7 Å². The zero-order valence-electron chi connectivity index (χ0n) is 10.6. The van der Waals surface area contributed by atoms with Crippen LogP contribution in [0.2, 0.25) is 5.02 Å². The van der Waals surface area contributed by atoms with Gasteiger partial charge in [0, 0.05) is 6.04 Å². The molecule has 0 aliphatic carbocycles. The second-order valence-electron chi connectivity index (χ2n) is 4.61. The molecule has 3 nitrogen and oxygen atoms in total. The van der Waals surface area contributed by atoms with Gasteiger partial charge in [0.2, 0.25) is 0 Å². The number of rotatable bonds is 6. The van der Waals surface area contributed by atoms with Gasteiger partial charge in [-0.05, 0) is 51.0 Å². The Kier molecular flexibility index (Phi) is 5.78. The molecule has 1 aromatic rings. The Labute approximate surface area is 114 Å². The van der Waals surface area contributed by atoms with Crippen molar-refractivity contribution in [3.8, 4) is 5.75 Å². The maximum absolute atomic E-state index is 6.01. The van der Waals surface area contributed by atoms with Gasteiger partial charge >= 0.3 is 0 Å². The smallest absolute Gasteiger partial charge is 0.137 e. The van der Waals surface area contributed by atoms with E-state index in [1.54, 1.807) is 0 Å². The van der Waals surface area contributed by atoms with E-state index in [1.807, 2.05) is 24.3 Å². The predicted molar refractivity (Wildman–Crippen MR) is 75.5 cm³/mol. The summed E-state index contributed by atoms with van der Waals surface area (Å²) in [5.41, 5.74) is 0. The van der Waals surface area contributed by atoms with Crippen LogP contribution in [0.15, 0.2) is 24.3 Å². The normalized spacial score (nSPS) is 16.7. The van der Waals surface area contributed by atoms with Gasteiger partial charge in [0.05, 0.1) is 11.6 Å². The van der Waals surface area contributed by atoms with Crippen LogP contribution >= 0.6 is 11.6 Å². The van der Waals surface area contributed by atoms with Gasteiger partial charge in [-0.3, -0.25) is 0 Å². The number of halogens is 1. The molecule has 18 heavy (non-hydrogen) atoms. The summed E-state index contributed by atoms with van der Waals surface area (Å²) in [6, 6.07) is 8.28. The monoisotopic (exact) mass is 268 g/mol. The third-order valence-corrected chi connectivity index (χ3v) is 3.50. The molecule has 1 aliphatic rings. The maximum atomic E-state index is 6.01. The number of hydrogen-bond donors (Lipinski definition) is 2. The van der Waals surface area contributed by atoms with Crippen LogP contribution in [-0.4, -0.2) is 32.3 Å². The fourth-order valence-corrected chi connectivity index (χ4v) is 2.34. The minimum Gasteiger partial charge on any atom is -0.492 e. The predicted octanol–water partition coefficient (Wildman–Crippen LogP) is 2.45. The molecule has 0 spiro atoms. The average molecular weight is 269 g/mol. The largest absolute Gasteiger partial charge is 0.492 e. The first-order valence-electron chi connectivity index (χ1n) is 6.67. The van der Waals surface area contributed by atoms with Crippen LogP contribution in [0.4, 0.5) is 0 Å². The summed E-state index contributed by atoms with van der Waals surface area (Å²) >= 11 is 6.01. The highest BCUT2D eigenvalue weighted by Crippen LogP contribution is 2.22. The molecule has 0 amide bonds. The first kappa shape index (κ1) is 13.7. The molecule has 4 heteroatoms. The van der Waals surface area contributed by atoms with Crippen molar-refractivity contribution in [2.75, 3.05) is 26.2 Å². The molecule has 0 unspecified atom stereocenters. The summed E-state index contributed by atoms with van der Waals surface area (Å²) in [6.07, 6.45) is 3.46. The van der Waals surface area contributed by atoms with Crippen molar-refractivity contribution in [3.05, 3.63) is 29.3 Å². The van der Waals surface area contributed by atoms with Crippen LogP contribution in [-0.2, 0) is 0 Å². The van der Waals surface area contributed by atoms with Crippen LogP contribution in [0.25, 0.3) is 0 Å². The lowest BCUT2D eigenvalue weighted by molar-refractivity contribution is 0.299. The Morgan fingerprint density at radius 2 is 2.06 bits per heavy atom. The van der Waals surface area contributed by atoms with E-state index in [4.69, 9.17) is 16.3 Å². The minimum absolute atomic E-state index is 0.673. The summed E-state index contributed by atoms with van der Waals surface area (Å²) in [5, 5.41) is 7.62. The van der Waals surface area contributed by atoms with Gasteiger partial charge in [-0.2, -0.15) is 0 Å². The summed E-state index contributed by atoms with van der Waals surface area (Å²) in [7, 11) is 0. The Morgan fingerprint density at radius 1 is 1.28 bits per heavy atom. The topological polar surface area (TPSA) is 33.3 Å². The van der Waals surface area contributed by atoms with Crippen molar-refractivity contribution >= 4 is 11.6 Å².